The predicted molar refractivity (Wildman–Crippen MR) is 63.5 cm³/mol. The number of hydrogen-bond acceptors (Lipinski definition) is 3. The van der Waals surface area contributed by atoms with Gasteiger partial charge in [-0.05, 0) is 37.2 Å². The van der Waals surface area contributed by atoms with Crippen LogP contribution in [0.4, 0.5) is 13.2 Å². The van der Waals surface area contributed by atoms with Gasteiger partial charge in [0.2, 0.25) is 0 Å². The van der Waals surface area contributed by atoms with Gasteiger partial charge in [0.25, 0.3) is 0 Å². The van der Waals surface area contributed by atoms with E-state index in [1.807, 2.05) is 0 Å². The molecule has 0 aliphatic heterocycles. The summed E-state index contributed by atoms with van der Waals surface area (Å²) in [5.74, 6) is -0.0616. The second kappa shape index (κ2) is 5.00. The van der Waals surface area contributed by atoms with Gasteiger partial charge < -0.3 is 4.18 Å². The van der Waals surface area contributed by atoms with Crippen molar-refractivity contribution in [2.24, 2.45) is 5.41 Å². The monoisotopic (exact) mass is 298 g/mol. The van der Waals surface area contributed by atoms with Gasteiger partial charge in [-0.25, -0.2) is 0 Å². The molecule has 0 bridgehead atoms. The zero-order valence-corrected chi connectivity index (χ0v) is 11.3. The highest BCUT2D eigenvalue weighted by Gasteiger charge is 2.49. The molecule has 3 nitrogen and oxygen atoms in total. The molecule has 0 aromatic rings. The molecule has 2 aliphatic carbocycles. The summed E-state index contributed by atoms with van der Waals surface area (Å²) < 4.78 is 62.6. The summed E-state index contributed by atoms with van der Waals surface area (Å²) in [7, 11) is -5.51. The average Bonchev–Trinajstić information content (AvgIpc) is 2.32. The van der Waals surface area contributed by atoms with E-state index < -0.39 is 15.6 Å². The normalized spacial score (nSPS) is 24.1. The van der Waals surface area contributed by atoms with Crippen molar-refractivity contribution in [3.8, 4) is 0 Å². The molecule has 0 radical (unpaired) electrons. The number of allylic oxidation sites excluding steroid dienone is 2. The van der Waals surface area contributed by atoms with Crippen molar-refractivity contribution in [2.75, 3.05) is 0 Å². The smallest absolute Gasteiger partial charge is 0.381 e. The van der Waals surface area contributed by atoms with Gasteiger partial charge in [-0.3, -0.25) is 0 Å². The molecule has 0 aromatic carbocycles. The summed E-state index contributed by atoms with van der Waals surface area (Å²) in [6.45, 7) is 0. The van der Waals surface area contributed by atoms with E-state index in [0.717, 1.165) is 25.7 Å². The van der Waals surface area contributed by atoms with E-state index in [9.17, 15) is 21.6 Å². The number of halogens is 3. The maximum absolute atomic E-state index is 12.2. The molecule has 1 fully saturated rings. The molecule has 0 amide bonds. The van der Waals surface area contributed by atoms with Crippen molar-refractivity contribution in [1.29, 1.82) is 0 Å². The molecule has 1 spiro atoms. The minimum atomic E-state index is -5.51. The van der Waals surface area contributed by atoms with Gasteiger partial charge >= 0.3 is 15.6 Å². The van der Waals surface area contributed by atoms with Crippen molar-refractivity contribution in [1.82, 2.24) is 0 Å². The van der Waals surface area contributed by atoms with Crippen LogP contribution in [-0.2, 0) is 14.3 Å². The summed E-state index contributed by atoms with van der Waals surface area (Å²) in [4.78, 5) is 0. The Balaban J connectivity index is 2.02. The molecule has 110 valence electrons. The standard InChI is InChI=1S/C12H17F3O3S/c13-12(14,15)19(16,17)18-10-4-8-11(9-5-10)6-2-1-3-7-11/h4H,1-3,5-9H2. The van der Waals surface area contributed by atoms with Crippen molar-refractivity contribution in [2.45, 2.75) is 56.9 Å². The molecule has 7 heteroatoms. The van der Waals surface area contributed by atoms with Gasteiger partial charge in [0, 0.05) is 6.42 Å². The largest absolute Gasteiger partial charge is 0.534 e. The number of rotatable bonds is 2. The zero-order chi connectivity index (χ0) is 14.1. The molecular weight excluding hydrogens is 281 g/mol. The fourth-order valence-corrected chi connectivity index (χ4v) is 3.47. The SMILES string of the molecule is O=S(=O)(OC1=CCC2(CCCCC2)CC1)C(F)(F)F. The van der Waals surface area contributed by atoms with Crippen LogP contribution < -0.4 is 0 Å². The van der Waals surface area contributed by atoms with E-state index in [-0.39, 0.29) is 17.6 Å². The van der Waals surface area contributed by atoms with Gasteiger partial charge in [-0.1, -0.05) is 19.3 Å². The van der Waals surface area contributed by atoms with Crippen LogP contribution in [0.3, 0.4) is 0 Å². The van der Waals surface area contributed by atoms with E-state index in [1.54, 1.807) is 0 Å². The van der Waals surface area contributed by atoms with Gasteiger partial charge in [0.05, 0.1) is 0 Å². The molecule has 0 heterocycles. The Morgan fingerprint density at radius 3 is 2.21 bits per heavy atom. The van der Waals surface area contributed by atoms with Crippen LogP contribution in [0.15, 0.2) is 11.8 Å². The molecule has 0 saturated heterocycles. The van der Waals surface area contributed by atoms with Crippen LogP contribution in [0.5, 0.6) is 0 Å². The fraction of sp³-hybridized carbons (Fsp3) is 0.833. The fourth-order valence-electron chi connectivity index (χ4n) is 2.94. The van der Waals surface area contributed by atoms with Crippen molar-refractivity contribution < 1.29 is 25.8 Å². The molecule has 0 N–H and O–H groups in total. The topological polar surface area (TPSA) is 43.4 Å². The molecule has 0 atom stereocenters. The molecular formula is C12H17F3O3S. The van der Waals surface area contributed by atoms with Crippen molar-refractivity contribution in [3.63, 3.8) is 0 Å². The van der Waals surface area contributed by atoms with Crippen molar-refractivity contribution >= 4 is 10.1 Å². The Hall–Kier alpha value is -0.720. The summed E-state index contributed by atoms with van der Waals surface area (Å²) in [5.41, 5.74) is -5.19. The Morgan fingerprint density at radius 1 is 1.11 bits per heavy atom. The molecule has 0 unspecified atom stereocenters. The van der Waals surface area contributed by atoms with E-state index >= 15 is 0 Å². The minimum absolute atomic E-state index is 0.0616. The number of alkyl halides is 3. The van der Waals surface area contributed by atoms with E-state index in [4.69, 9.17) is 0 Å². The van der Waals surface area contributed by atoms with Crippen LogP contribution >= 0.6 is 0 Å². The van der Waals surface area contributed by atoms with Crippen LogP contribution in [-0.4, -0.2) is 13.9 Å². The maximum Gasteiger partial charge on any atom is 0.534 e. The van der Waals surface area contributed by atoms with E-state index in [1.165, 1.54) is 12.5 Å². The van der Waals surface area contributed by atoms with E-state index in [2.05, 4.69) is 4.18 Å². The highest BCUT2D eigenvalue weighted by atomic mass is 32.2. The third-order valence-corrected chi connectivity index (χ3v) is 5.08. The van der Waals surface area contributed by atoms with Crippen LogP contribution in [0.25, 0.3) is 0 Å². The lowest BCUT2D eigenvalue weighted by atomic mass is 9.67. The molecule has 19 heavy (non-hydrogen) atoms. The summed E-state index contributed by atoms with van der Waals surface area (Å²) in [6.07, 6.45) is 8.77. The summed E-state index contributed by atoms with van der Waals surface area (Å²) in [6, 6.07) is 0. The van der Waals surface area contributed by atoms with Crippen LogP contribution in [0.1, 0.15) is 51.4 Å². The maximum atomic E-state index is 12.2. The first-order valence-electron chi connectivity index (χ1n) is 6.44. The second-order valence-electron chi connectivity index (χ2n) is 5.42. The lowest BCUT2D eigenvalue weighted by Gasteiger charge is -2.39. The lowest BCUT2D eigenvalue weighted by Crippen LogP contribution is -2.29. The molecule has 2 aliphatic rings. The highest BCUT2D eigenvalue weighted by Crippen LogP contribution is 2.47. The summed E-state index contributed by atoms with van der Waals surface area (Å²) in [5, 5.41) is 0. The highest BCUT2D eigenvalue weighted by molar-refractivity contribution is 7.87. The van der Waals surface area contributed by atoms with Gasteiger partial charge in [-0.2, -0.15) is 21.6 Å². The van der Waals surface area contributed by atoms with Crippen LogP contribution in [0.2, 0.25) is 0 Å². The lowest BCUT2D eigenvalue weighted by molar-refractivity contribution is -0.0526. The molecule has 1 saturated carbocycles. The third-order valence-electron chi connectivity index (χ3n) is 4.08. The first kappa shape index (κ1) is 14.7. The quantitative estimate of drug-likeness (QED) is 0.574. The molecule has 0 aromatic heterocycles. The van der Waals surface area contributed by atoms with Gasteiger partial charge in [0.1, 0.15) is 5.76 Å². The first-order valence-corrected chi connectivity index (χ1v) is 7.85. The Morgan fingerprint density at radius 2 is 1.74 bits per heavy atom. The van der Waals surface area contributed by atoms with Gasteiger partial charge in [-0.15, -0.1) is 0 Å². The Kier molecular flexibility index (Phi) is 3.86. The van der Waals surface area contributed by atoms with Gasteiger partial charge in [0.15, 0.2) is 0 Å². The molecule has 2 rings (SSSR count). The average molecular weight is 298 g/mol. The van der Waals surface area contributed by atoms with Crippen LogP contribution in [0, 0.1) is 5.41 Å². The van der Waals surface area contributed by atoms with E-state index in [0.29, 0.717) is 12.8 Å². The van der Waals surface area contributed by atoms with Crippen molar-refractivity contribution in [3.05, 3.63) is 11.8 Å². The second-order valence-corrected chi connectivity index (χ2v) is 6.96. The third kappa shape index (κ3) is 3.24. The Bertz CT molecular complexity index is 459. The Labute approximate surface area is 110 Å². The predicted octanol–water partition coefficient (Wildman–Crippen LogP) is 3.87. The minimum Gasteiger partial charge on any atom is -0.381 e. The first-order chi connectivity index (χ1) is 8.74. The number of hydrogen-bond donors (Lipinski definition) is 0. The zero-order valence-electron chi connectivity index (χ0n) is 10.5. The summed E-state index contributed by atoms with van der Waals surface area (Å²) >= 11 is 0.